The van der Waals surface area contributed by atoms with Crippen LogP contribution in [0, 0.1) is 17.1 Å². The first-order chi connectivity index (χ1) is 8.12. The molecule has 0 radical (unpaired) electrons. The number of benzene rings is 1. The van der Waals surface area contributed by atoms with Crippen LogP contribution in [0.25, 0.3) is 0 Å². The molecule has 1 rings (SSSR count). The van der Waals surface area contributed by atoms with E-state index >= 15 is 0 Å². The van der Waals surface area contributed by atoms with Gasteiger partial charge < -0.3 is 4.74 Å². The average molecular weight is 235 g/mol. The third-order valence-electron chi connectivity index (χ3n) is 2.10. The average Bonchev–Trinajstić information content (AvgIpc) is 2.28. The van der Waals surface area contributed by atoms with E-state index in [2.05, 4.69) is 0 Å². The highest BCUT2D eigenvalue weighted by atomic mass is 19.1. The van der Waals surface area contributed by atoms with Crippen molar-refractivity contribution in [3.8, 4) is 6.07 Å². The fourth-order valence-electron chi connectivity index (χ4n) is 1.39. The van der Waals surface area contributed by atoms with Crippen molar-refractivity contribution in [2.45, 2.75) is 13.3 Å². The molecule has 0 saturated heterocycles. The standard InChI is InChI=1S/C12H10FNO3/c1-2-17-12(16)5-9-3-8(6-14)4-11(13)10(9)7-15/h3-4,7H,2,5H2,1H3. The van der Waals surface area contributed by atoms with E-state index in [1.54, 1.807) is 13.0 Å². The number of nitriles is 1. The van der Waals surface area contributed by atoms with Crippen molar-refractivity contribution in [2.24, 2.45) is 0 Å². The van der Waals surface area contributed by atoms with Crippen LogP contribution in [0.4, 0.5) is 4.39 Å². The molecule has 1 aromatic carbocycles. The predicted octanol–water partition coefficient (Wildman–Crippen LogP) is 1.62. The monoisotopic (exact) mass is 235 g/mol. The fourth-order valence-corrected chi connectivity index (χ4v) is 1.39. The molecule has 88 valence electrons. The van der Waals surface area contributed by atoms with Crippen LogP contribution in [0.15, 0.2) is 12.1 Å². The number of halogens is 1. The normalized spacial score (nSPS) is 9.47. The van der Waals surface area contributed by atoms with Gasteiger partial charge in [-0.2, -0.15) is 5.26 Å². The number of nitrogens with zero attached hydrogens (tertiary/aromatic N) is 1. The van der Waals surface area contributed by atoms with E-state index in [9.17, 15) is 14.0 Å². The number of hydrogen-bond donors (Lipinski definition) is 0. The van der Waals surface area contributed by atoms with E-state index in [-0.39, 0.29) is 29.7 Å². The molecule has 0 saturated carbocycles. The number of rotatable bonds is 4. The van der Waals surface area contributed by atoms with Gasteiger partial charge in [0.25, 0.3) is 0 Å². The molecule has 0 aliphatic carbocycles. The van der Waals surface area contributed by atoms with Gasteiger partial charge in [0.2, 0.25) is 0 Å². The smallest absolute Gasteiger partial charge is 0.310 e. The quantitative estimate of drug-likeness (QED) is 0.587. The summed E-state index contributed by atoms with van der Waals surface area (Å²) in [5.74, 6) is -1.37. The van der Waals surface area contributed by atoms with Gasteiger partial charge in [0.15, 0.2) is 6.29 Å². The summed E-state index contributed by atoms with van der Waals surface area (Å²) in [7, 11) is 0. The Hall–Kier alpha value is -2.22. The molecule has 0 bridgehead atoms. The second-order valence-corrected chi connectivity index (χ2v) is 3.24. The Morgan fingerprint density at radius 1 is 1.59 bits per heavy atom. The van der Waals surface area contributed by atoms with E-state index in [1.165, 1.54) is 6.07 Å². The Morgan fingerprint density at radius 2 is 2.29 bits per heavy atom. The minimum absolute atomic E-state index is 0.0624. The van der Waals surface area contributed by atoms with Crippen molar-refractivity contribution in [3.63, 3.8) is 0 Å². The molecule has 17 heavy (non-hydrogen) atoms. The van der Waals surface area contributed by atoms with Gasteiger partial charge in [-0.15, -0.1) is 0 Å². The van der Waals surface area contributed by atoms with Crippen molar-refractivity contribution in [1.29, 1.82) is 5.26 Å². The molecule has 0 heterocycles. The minimum atomic E-state index is -0.807. The molecule has 0 fully saturated rings. The van der Waals surface area contributed by atoms with E-state index in [0.29, 0.717) is 6.29 Å². The van der Waals surface area contributed by atoms with Crippen LogP contribution >= 0.6 is 0 Å². The SMILES string of the molecule is CCOC(=O)Cc1cc(C#N)cc(F)c1C=O. The van der Waals surface area contributed by atoms with Crippen LogP contribution < -0.4 is 0 Å². The first-order valence-corrected chi connectivity index (χ1v) is 4.95. The Bertz CT molecular complexity index is 491. The molecule has 0 spiro atoms. The highest BCUT2D eigenvalue weighted by molar-refractivity contribution is 5.82. The zero-order valence-electron chi connectivity index (χ0n) is 9.20. The summed E-state index contributed by atoms with van der Waals surface area (Å²) in [5.41, 5.74) is 0.0134. The first-order valence-electron chi connectivity index (χ1n) is 4.95. The van der Waals surface area contributed by atoms with Crippen LogP contribution in [-0.4, -0.2) is 18.9 Å². The number of ether oxygens (including phenoxy) is 1. The third-order valence-corrected chi connectivity index (χ3v) is 2.10. The number of carbonyl (C=O) groups excluding carboxylic acids is 2. The zero-order valence-corrected chi connectivity index (χ0v) is 9.20. The largest absolute Gasteiger partial charge is 0.466 e. The first kappa shape index (κ1) is 12.8. The van der Waals surface area contributed by atoms with E-state index in [4.69, 9.17) is 10.00 Å². The molecule has 0 N–H and O–H groups in total. The number of aldehydes is 1. The maximum Gasteiger partial charge on any atom is 0.310 e. The summed E-state index contributed by atoms with van der Waals surface area (Å²) in [6.45, 7) is 1.85. The molecule has 0 unspecified atom stereocenters. The summed E-state index contributed by atoms with van der Waals surface area (Å²) in [6.07, 6.45) is 0.0966. The number of esters is 1. The Morgan fingerprint density at radius 3 is 2.82 bits per heavy atom. The van der Waals surface area contributed by atoms with Gasteiger partial charge in [0.05, 0.1) is 30.2 Å². The molecular weight excluding hydrogens is 225 g/mol. The van der Waals surface area contributed by atoms with Gasteiger partial charge in [-0.3, -0.25) is 9.59 Å². The van der Waals surface area contributed by atoms with Crippen molar-refractivity contribution < 1.29 is 18.7 Å². The Kier molecular flexibility index (Phi) is 4.35. The summed E-state index contributed by atoms with van der Waals surface area (Å²) in [4.78, 5) is 22.0. The molecule has 0 aliphatic heterocycles. The molecule has 0 aliphatic rings. The zero-order chi connectivity index (χ0) is 12.8. The molecule has 5 heteroatoms. The highest BCUT2D eigenvalue weighted by Crippen LogP contribution is 2.16. The van der Waals surface area contributed by atoms with Crippen molar-refractivity contribution >= 4 is 12.3 Å². The molecule has 0 atom stereocenters. The van der Waals surface area contributed by atoms with Crippen LogP contribution in [-0.2, 0) is 16.0 Å². The van der Waals surface area contributed by atoms with E-state index in [1.807, 2.05) is 0 Å². The highest BCUT2D eigenvalue weighted by Gasteiger charge is 2.14. The molecule has 0 aromatic heterocycles. The van der Waals surface area contributed by atoms with Crippen LogP contribution in [0.2, 0.25) is 0 Å². The predicted molar refractivity (Wildman–Crippen MR) is 56.8 cm³/mol. The lowest BCUT2D eigenvalue weighted by atomic mass is 10.0. The second-order valence-electron chi connectivity index (χ2n) is 3.24. The maximum absolute atomic E-state index is 13.4. The summed E-state index contributed by atoms with van der Waals surface area (Å²) in [6, 6.07) is 4.02. The van der Waals surface area contributed by atoms with Gasteiger partial charge in [-0.05, 0) is 24.6 Å². The van der Waals surface area contributed by atoms with Gasteiger partial charge in [-0.1, -0.05) is 0 Å². The second kappa shape index (κ2) is 5.75. The number of carbonyl (C=O) groups is 2. The van der Waals surface area contributed by atoms with Crippen LogP contribution in [0.3, 0.4) is 0 Å². The molecule has 1 aromatic rings. The molecule has 4 nitrogen and oxygen atoms in total. The van der Waals surface area contributed by atoms with E-state index < -0.39 is 11.8 Å². The van der Waals surface area contributed by atoms with Crippen molar-refractivity contribution in [1.82, 2.24) is 0 Å². The fraction of sp³-hybridized carbons (Fsp3) is 0.250. The lowest BCUT2D eigenvalue weighted by molar-refractivity contribution is -0.142. The van der Waals surface area contributed by atoms with Crippen molar-refractivity contribution in [3.05, 3.63) is 34.6 Å². The van der Waals surface area contributed by atoms with Crippen LogP contribution in [0.1, 0.15) is 28.4 Å². The van der Waals surface area contributed by atoms with Gasteiger partial charge in [-0.25, -0.2) is 4.39 Å². The summed E-state index contributed by atoms with van der Waals surface area (Å²) < 4.78 is 18.1. The van der Waals surface area contributed by atoms with Crippen LogP contribution in [0.5, 0.6) is 0 Å². The topological polar surface area (TPSA) is 67.2 Å². The lowest BCUT2D eigenvalue weighted by Crippen LogP contribution is -2.10. The lowest BCUT2D eigenvalue weighted by Gasteiger charge is -2.06. The van der Waals surface area contributed by atoms with Gasteiger partial charge in [0.1, 0.15) is 5.82 Å². The maximum atomic E-state index is 13.4. The minimum Gasteiger partial charge on any atom is -0.466 e. The van der Waals surface area contributed by atoms with Gasteiger partial charge in [0, 0.05) is 0 Å². The van der Waals surface area contributed by atoms with Crippen molar-refractivity contribution in [2.75, 3.05) is 6.61 Å². The summed E-state index contributed by atoms with van der Waals surface area (Å²) in [5, 5.41) is 8.67. The third kappa shape index (κ3) is 3.11. The van der Waals surface area contributed by atoms with E-state index in [0.717, 1.165) is 6.07 Å². The number of hydrogen-bond acceptors (Lipinski definition) is 4. The molecular formula is C12H10FNO3. The Balaban J connectivity index is 3.12. The molecule has 0 amide bonds. The summed E-state index contributed by atoms with van der Waals surface area (Å²) >= 11 is 0. The van der Waals surface area contributed by atoms with Gasteiger partial charge >= 0.3 is 5.97 Å². The Labute approximate surface area is 97.6 Å².